The van der Waals surface area contributed by atoms with Crippen molar-refractivity contribution in [3.8, 4) is 0 Å². The highest BCUT2D eigenvalue weighted by Crippen LogP contribution is 2.10. The zero-order chi connectivity index (χ0) is 12.7. The normalized spacial score (nSPS) is 20.5. The van der Waals surface area contributed by atoms with Gasteiger partial charge in [0, 0.05) is 39.1 Å². The highest BCUT2D eigenvalue weighted by Gasteiger charge is 2.25. The van der Waals surface area contributed by atoms with E-state index in [1.54, 1.807) is 7.05 Å². The molecule has 0 saturated carbocycles. The molecule has 0 bridgehead atoms. The molecule has 98 valence electrons. The number of rotatable bonds is 4. The fourth-order valence-corrected chi connectivity index (χ4v) is 1.96. The van der Waals surface area contributed by atoms with Crippen molar-refractivity contribution in [2.75, 3.05) is 26.7 Å². The van der Waals surface area contributed by atoms with Gasteiger partial charge in [-0.25, -0.2) is 0 Å². The standard InChI is InChI=1S/C12H24N4O/c1-4-7-14-12(13-3)15-10-6-8-16(9-10)11(17)5-2/h10H,4-9H2,1-3H3,(H2,13,14,15). The summed E-state index contributed by atoms with van der Waals surface area (Å²) in [6, 6.07) is 0.327. The van der Waals surface area contributed by atoms with E-state index in [1.165, 1.54) is 0 Å². The van der Waals surface area contributed by atoms with Crippen molar-refractivity contribution < 1.29 is 4.79 Å². The SMILES string of the molecule is CCCNC(=NC)NC1CCN(C(=O)CC)C1. The van der Waals surface area contributed by atoms with Crippen LogP contribution in [-0.2, 0) is 4.79 Å². The minimum Gasteiger partial charge on any atom is -0.356 e. The smallest absolute Gasteiger partial charge is 0.222 e. The maximum absolute atomic E-state index is 11.5. The van der Waals surface area contributed by atoms with Gasteiger partial charge in [0.15, 0.2) is 5.96 Å². The summed E-state index contributed by atoms with van der Waals surface area (Å²) in [7, 11) is 1.77. The number of nitrogens with one attached hydrogen (secondary N) is 2. The lowest BCUT2D eigenvalue weighted by molar-refractivity contribution is -0.129. The highest BCUT2D eigenvalue weighted by molar-refractivity contribution is 5.80. The molecule has 0 aromatic rings. The molecule has 0 aliphatic carbocycles. The van der Waals surface area contributed by atoms with Gasteiger partial charge >= 0.3 is 0 Å². The van der Waals surface area contributed by atoms with Gasteiger partial charge in [-0.1, -0.05) is 13.8 Å². The summed E-state index contributed by atoms with van der Waals surface area (Å²) in [5.41, 5.74) is 0. The summed E-state index contributed by atoms with van der Waals surface area (Å²) in [5, 5.41) is 6.59. The second-order valence-corrected chi connectivity index (χ2v) is 4.32. The molecule has 0 radical (unpaired) electrons. The van der Waals surface area contributed by atoms with Crippen LogP contribution in [0.3, 0.4) is 0 Å². The number of aliphatic imine (C=N–C) groups is 1. The molecule has 1 atom stereocenters. The molecule has 1 aliphatic rings. The van der Waals surface area contributed by atoms with Gasteiger partial charge in [-0.2, -0.15) is 0 Å². The van der Waals surface area contributed by atoms with Crippen LogP contribution in [0.25, 0.3) is 0 Å². The molecule has 1 unspecified atom stereocenters. The van der Waals surface area contributed by atoms with Gasteiger partial charge < -0.3 is 15.5 Å². The van der Waals surface area contributed by atoms with Crippen LogP contribution in [0.15, 0.2) is 4.99 Å². The Morgan fingerprint density at radius 2 is 2.24 bits per heavy atom. The van der Waals surface area contributed by atoms with E-state index in [1.807, 2.05) is 11.8 Å². The van der Waals surface area contributed by atoms with Gasteiger partial charge in [-0.3, -0.25) is 9.79 Å². The number of likely N-dealkylation sites (tertiary alicyclic amines) is 1. The number of nitrogens with zero attached hydrogens (tertiary/aromatic N) is 2. The zero-order valence-electron chi connectivity index (χ0n) is 11.1. The fourth-order valence-electron chi connectivity index (χ4n) is 1.96. The Hall–Kier alpha value is -1.26. The summed E-state index contributed by atoms with van der Waals surface area (Å²) >= 11 is 0. The van der Waals surface area contributed by atoms with Crippen molar-refractivity contribution >= 4 is 11.9 Å². The van der Waals surface area contributed by atoms with Crippen molar-refractivity contribution in [2.45, 2.75) is 39.2 Å². The molecular formula is C12H24N4O. The van der Waals surface area contributed by atoms with Crippen LogP contribution in [0.1, 0.15) is 33.1 Å². The van der Waals surface area contributed by atoms with Crippen LogP contribution in [-0.4, -0.2) is 49.5 Å². The first-order valence-electron chi connectivity index (χ1n) is 6.46. The third-order valence-corrected chi connectivity index (χ3v) is 2.95. The van der Waals surface area contributed by atoms with E-state index in [0.29, 0.717) is 12.5 Å². The maximum Gasteiger partial charge on any atom is 0.222 e. The number of carbonyl (C=O) groups excluding carboxylic acids is 1. The molecule has 0 spiro atoms. The molecule has 1 aliphatic heterocycles. The predicted molar refractivity (Wildman–Crippen MR) is 70.1 cm³/mol. The molecule has 5 nitrogen and oxygen atoms in total. The van der Waals surface area contributed by atoms with Crippen LogP contribution >= 0.6 is 0 Å². The van der Waals surface area contributed by atoms with Crippen molar-refractivity contribution in [3.63, 3.8) is 0 Å². The van der Waals surface area contributed by atoms with Crippen LogP contribution < -0.4 is 10.6 Å². The number of carbonyl (C=O) groups is 1. The van der Waals surface area contributed by atoms with Gasteiger partial charge in [0.2, 0.25) is 5.91 Å². The lowest BCUT2D eigenvalue weighted by Gasteiger charge is -2.18. The lowest BCUT2D eigenvalue weighted by atomic mass is 10.3. The maximum atomic E-state index is 11.5. The first-order valence-corrected chi connectivity index (χ1v) is 6.46. The van der Waals surface area contributed by atoms with E-state index in [4.69, 9.17) is 0 Å². The first kappa shape index (κ1) is 13.8. The van der Waals surface area contributed by atoms with E-state index in [2.05, 4.69) is 22.5 Å². The third kappa shape index (κ3) is 4.24. The molecule has 1 saturated heterocycles. The minimum absolute atomic E-state index is 0.241. The predicted octanol–water partition coefficient (Wildman–Crippen LogP) is 0.572. The van der Waals surface area contributed by atoms with Gasteiger partial charge in [-0.15, -0.1) is 0 Å². The third-order valence-electron chi connectivity index (χ3n) is 2.95. The summed E-state index contributed by atoms with van der Waals surface area (Å²) in [5.74, 6) is 1.08. The van der Waals surface area contributed by atoms with Crippen molar-refractivity contribution in [1.82, 2.24) is 15.5 Å². The molecule has 1 fully saturated rings. The minimum atomic E-state index is 0.241. The molecular weight excluding hydrogens is 216 g/mol. The molecule has 5 heteroatoms. The van der Waals surface area contributed by atoms with E-state index in [9.17, 15) is 4.79 Å². The quantitative estimate of drug-likeness (QED) is 0.558. The van der Waals surface area contributed by atoms with Gasteiger partial charge in [0.05, 0.1) is 0 Å². The summed E-state index contributed by atoms with van der Waals surface area (Å²) in [4.78, 5) is 17.6. The Kier molecular flexibility index (Phi) is 5.80. The van der Waals surface area contributed by atoms with E-state index in [0.717, 1.165) is 38.4 Å². The average Bonchev–Trinajstić information content (AvgIpc) is 2.81. The van der Waals surface area contributed by atoms with Crippen molar-refractivity contribution in [1.29, 1.82) is 0 Å². The van der Waals surface area contributed by atoms with E-state index < -0.39 is 0 Å². The van der Waals surface area contributed by atoms with Crippen molar-refractivity contribution in [3.05, 3.63) is 0 Å². The highest BCUT2D eigenvalue weighted by atomic mass is 16.2. The molecule has 17 heavy (non-hydrogen) atoms. The molecule has 1 rings (SSSR count). The lowest BCUT2D eigenvalue weighted by Crippen LogP contribution is -2.45. The number of amides is 1. The monoisotopic (exact) mass is 240 g/mol. The Morgan fingerprint density at radius 3 is 2.82 bits per heavy atom. The second-order valence-electron chi connectivity index (χ2n) is 4.32. The van der Waals surface area contributed by atoms with Crippen LogP contribution in [0.5, 0.6) is 0 Å². The summed E-state index contributed by atoms with van der Waals surface area (Å²) in [6.45, 7) is 6.60. The van der Waals surface area contributed by atoms with Crippen molar-refractivity contribution in [2.24, 2.45) is 4.99 Å². The Balaban J connectivity index is 2.36. The molecule has 1 heterocycles. The van der Waals surface area contributed by atoms with Crippen LogP contribution in [0.2, 0.25) is 0 Å². The van der Waals surface area contributed by atoms with Crippen LogP contribution in [0.4, 0.5) is 0 Å². The number of hydrogen-bond acceptors (Lipinski definition) is 2. The van der Waals surface area contributed by atoms with Crippen LogP contribution in [0, 0.1) is 0 Å². The molecule has 0 aromatic heterocycles. The summed E-state index contributed by atoms with van der Waals surface area (Å²) in [6.07, 6.45) is 2.67. The zero-order valence-corrected chi connectivity index (χ0v) is 11.1. The Bertz CT molecular complexity index is 278. The molecule has 1 amide bonds. The van der Waals surface area contributed by atoms with Gasteiger partial charge in [0.1, 0.15) is 0 Å². The average molecular weight is 240 g/mol. The second kappa shape index (κ2) is 7.14. The number of hydrogen-bond donors (Lipinski definition) is 2. The van der Waals surface area contributed by atoms with Gasteiger partial charge in [-0.05, 0) is 12.8 Å². The van der Waals surface area contributed by atoms with E-state index >= 15 is 0 Å². The topological polar surface area (TPSA) is 56.7 Å². The molecule has 2 N–H and O–H groups in total. The first-order chi connectivity index (χ1) is 8.21. The fraction of sp³-hybridized carbons (Fsp3) is 0.833. The molecule has 0 aromatic carbocycles. The Labute approximate surface area is 104 Å². The Morgan fingerprint density at radius 1 is 1.47 bits per heavy atom. The number of guanidine groups is 1. The summed E-state index contributed by atoms with van der Waals surface area (Å²) < 4.78 is 0. The van der Waals surface area contributed by atoms with Gasteiger partial charge in [0.25, 0.3) is 0 Å². The largest absolute Gasteiger partial charge is 0.356 e. The van der Waals surface area contributed by atoms with E-state index in [-0.39, 0.29) is 5.91 Å².